The van der Waals surface area contributed by atoms with Crippen molar-refractivity contribution < 1.29 is 24.2 Å². The summed E-state index contributed by atoms with van der Waals surface area (Å²) in [6.07, 6.45) is 8.07. The molecule has 208 valence electrons. The summed E-state index contributed by atoms with van der Waals surface area (Å²) in [5.74, 6) is -0.734. The molecule has 0 saturated heterocycles. The summed E-state index contributed by atoms with van der Waals surface area (Å²) in [4.78, 5) is 41.6. The first-order chi connectivity index (χ1) is 17.6. The molecule has 1 aliphatic rings. The number of aryl methyl sites for hydroxylation is 1. The molecule has 1 aromatic carbocycles. The molecule has 37 heavy (non-hydrogen) atoms. The number of ether oxygens (including phenoxy) is 1. The van der Waals surface area contributed by atoms with Gasteiger partial charge >= 0.3 is 6.09 Å². The number of rotatable bonds is 12. The molecule has 0 spiro atoms. The lowest BCUT2D eigenvalue weighted by Crippen LogP contribution is -2.55. The highest BCUT2D eigenvalue weighted by Crippen LogP contribution is 2.26. The molecule has 2 unspecified atom stereocenters. The van der Waals surface area contributed by atoms with E-state index in [1.807, 2.05) is 31.2 Å². The largest absolute Gasteiger partial charge is 0.444 e. The zero-order chi connectivity index (χ0) is 27.4. The zero-order valence-corrected chi connectivity index (χ0v) is 23.3. The number of alkyl carbamates (subject to hydrolysis) is 1. The molecule has 3 amide bonds. The molecule has 1 aliphatic carbocycles. The number of carbonyl (C=O) groups is 3. The average Bonchev–Trinajstić information content (AvgIpc) is 2.84. The Kier molecular flexibility index (Phi) is 12.4. The zero-order valence-electron chi connectivity index (χ0n) is 23.3. The molecular weight excluding hydrogens is 470 g/mol. The highest BCUT2D eigenvalue weighted by Gasteiger charge is 2.36. The number of carbonyl (C=O) groups excluding carboxylic acids is 3. The van der Waals surface area contributed by atoms with Crippen LogP contribution in [0.25, 0.3) is 0 Å². The number of aliphatic hydroxyl groups excluding tert-OH is 1. The third kappa shape index (κ3) is 10.3. The molecule has 1 aromatic rings. The van der Waals surface area contributed by atoms with Gasteiger partial charge in [-0.05, 0) is 52.5 Å². The summed E-state index contributed by atoms with van der Waals surface area (Å²) in [6.45, 7) is 9.00. The van der Waals surface area contributed by atoms with Crippen molar-refractivity contribution in [1.29, 1.82) is 0 Å². The maximum atomic E-state index is 13.8. The molecule has 0 bridgehead atoms. The van der Waals surface area contributed by atoms with Crippen molar-refractivity contribution >= 4 is 17.9 Å². The molecule has 0 radical (unpaired) electrons. The van der Waals surface area contributed by atoms with Crippen molar-refractivity contribution in [2.24, 2.45) is 0 Å². The van der Waals surface area contributed by atoms with Crippen molar-refractivity contribution in [2.45, 2.75) is 116 Å². The third-order valence-electron chi connectivity index (χ3n) is 6.61. The number of amides is 3. The van der Waals surface area contributed by atoms with E-state index in [1.165, 1.54) is 11.3 Å². The first-order valence-electron chi connectivity index (χ1n) is 13.8. The lowest BCUT2D eigenvalue weighted by molar-refractivity contribution is -0.143. The summed E-state index contributed by atoms with van der Waals surface area (Å²) < 4.78 is 5.31. The molecule has 3 N–H and O–H groups in total. The predicted molar refractivity (Wildman–Crippen MR) is 145 cm³/mol. The minimum atomic E-state index is -1.23. The van der Waals surface area contributed by atoms with Crippen molar-refractivity contribution in [1.82, 2.24) is 15.5 Å². The fraction of sp³-hybridized carbons (Fsp3) is 0.690. The normalized spacial score (nSPS) is 15.9. The molecule has 0 aliphatic heterocycles. The number of nitrogens with one attached hydrogen (secondary N) is 2. The average molecular weight is 518 g/mol. The topological polar surface area (TPSA) is 108 Å². The Morgan fingerprint density at radius 1 is 1.05 bits per heavy atom. The van der Waals surface area contributed by atoms with Crippen molar-refractivity contribution in [3.63, 3.8) is 0 Å². The van der Waals surface area contributed by atoms with E-state index in [0.29, 0.717) is 18.5 Å². The van der Waals surface area contributed by atoms with E-state index in [9.17, 15) is 19.5 Å². The van der Waals surface area contributed by atoms with Gasteiger partial charge in [-0.2, -0.15) is 0 Å². The minimum Gasteiger partial charge on any atom is -0.444 e. The molecule has 0 heterocycles. The summed E-state index contributed by atoms with van der Waals surface area (Å²) in [6, 6.07) is 5.60. The second kappa shape index (κ2) is 15.0. The lowest BCUT2D eigenvalue weighted by Gasteiger charge is -2.35. The smallest absolute Gasteiger partial charge is 0.408 e. The van der Waals surface area contributed by atoms with Gasteiger partial charge in [0, 0.05) is 12.6 Å². The molecule has 8 heteroatoms. The van der Waals surface area contributed by atoms with Gasteiger partial charge in [0.2, 0.25) is 11.8 Å². The van der Waals surface area contributed by atoms with Crippen LogP contribution >= 0.6 is 0 Å². The number of aliphatic hydroxyl groups is 1. The Labute approximate surface area is 222 Å². The van der Waals surface area contributed by atoms with Crippen LogP contribution in [0.15, 0.2) is 24.3 Å². The molecule has 1 fully saturated rings. The van der Waals surface area contributed by atoms with Gasteiger partial charge in [-0.1, -0.05) is 75.3 Å². The number of nitrogens with zero attached hydrogens (tertiary/aromatic N) is 1. The van der Waals surface area contributed by atoms with E-state index < -0.39 is 36.3 Å². The second-order valence-corrected chi connectivity index (χ2v) is 11.1. The van der Waals surface area contributed by atoms with Crippen LogP contribution in [-0.4, -0.2) is 58.8 Å². The standard InChI is InChI=1S/C29H47N3O5/c1-6-7-8-12-19-32(27(35)24(20-33)31-28(36)37-29(3,4)5)25(22-17-15-21(2)16-18-22)26(34)30-23-13-10-9-11-14-23/h15-18,23-25,33H,6-14,19-20H2,1-5H3,(H,30,34)(H,31,36). The highest BCUT2D eigenvalue weighted by atomic mass is 16.6. The quantitative estimate of drug-likeness (QED) is 0.346. The Hall–Kier alpha value is -2.61. The summed E-state index contributed by atoms with van der Waals surface area (Å²) in [7, 11) is 0. The molecule has 8 nitrogen and oxygen atoms in total. The predicted octanol–water partition coefficient (Wildman–Crippen LogP) is 4.78. The van der Waals surface area contributed by atoms with Crippen molar-refractivity contribution in [2.75, 3.05) is 13.2 Å². The first kappa shape index (κ1) is 30.6. The van der Waals surface area contributed by atoms with Gasteiger partial charge in [0.25, 0.3) is 0 Å². The first-order valence-corrected chi connectivity index (χ1v) is 13.8. The van der Waals surface area contributed by atoms with Crippen LogP contribution in [0.1, 0.15) is 103 Å². The number of benzene rings is 1. The van der Waals surface area contributed by atoms with Gasteiger partial charge in [-0.15, -0.1) is 0 Å². The van der Waals surface area contributed by atoms with E-state index in [4.69, 9.17) is 4.74 Å². The van der Waals surface area contributed by atoms with Gasteiger partial charge in [0.05, 0.1) is 6.61 Å². The van der Waals surface area contributed by atoms with E-state index in [1.54, 1.807) is 20.8 Å². The van der Waals surface area contributed by atoms with Gasteiger partial charge < -0.3 is 25.4 Å². The molecule has 0 aromatic heterocycles. The van der Waals surface area contributed by atoms with Gasteiger partial charge in [0.15, 0.2) is 0 Å². The number of unbranched alkanes of at least 4 members (excludes halogenated alkanes) is 3. The van der Waals surface area contributed by atoms with Crippen LogP contribution in [0.3, 0.4) is 0 Å². The van der Waals surface area contributed by atoms with Crippen molar-refractivity contribution in [3.05, 3.63) is 35.4 Å². The van der Waals surface area contributed by atoms with Crippen molar-refractivity contribution in [3.8, 4) is 0 Å². The van der Waals surface area contributed by atoms with E-state index in [2.05, 4.69) is 17.6 Å². The highest BCUT2D eigenvalue weighted by molar-refractivity contribution is 5.92. The molecule has 2 rings (SSSR count). The summed E-state index contributed by atoms with van der Waals surface area (Å²) in [5, 5.41) is 15.8. The lowest BCUT2D eigenvalue weighted by atomic mass is 9.94. The minimum absolute atomic E-state index is 0.0831. The molecular formula is C29H47N3O5. The van der Waals surface area contributed by atoms with Gasteiger partial charge in [-0.3, -0.25) is 9.59 Å². The maximum Gasteiger partial charge on any atom is 0.408 e. The van der Waals surface area contributed by atoms with E-state index in [-0.39, 0.29) is 11.9 Å². The van der Waals surface area contributed by atoms with E-state index in [0.717, 1.165) is 50.5 Å². The Balaban J connectivity index is 2.37. The maximum absolute atomic E-state index is 13.8. The third-order valence-corrected chi connectivity index (χ3v) is 6.61. The van der Waals surface area contributed by atoms with Crippen LogP contribution in [0.2, 0.25) is 0 Å². The number of hydrogen-bond donors (Lipinski definition) is 3. The van der Waals surface area contributed by atoms with Crippen LogP contribution in [0, 0.1) is 6.92 Å². The van der Waals surface area contributed by atoms with Crippen LogP contribution < -0.4 is 10.6 Å². The van der Waals surface area contributed by atoms with Gasteiger partial charge in [-0.25, -0.2) is 4.79 Å². The summed E-state index contributed by atoms with van der Waals surface area (Å²) >= 11 is 0. The fourth-order valence-electron chi connectivity index (χ4n) is 4.66. The SMILES string of the molecule is CCCCCCN(C(=O)C(CO)NC(=O)OC(C)(C)C)C(C(=O)NC1CCCCC1)c1ccc(C)cc1. The Morgan fingerprint density at radius 3 is 2.27 bits per heavy atom. The van der Waals surface area contributed by atoms with Gasteiger partial charge in [0.1, 0.15) is 17.7 Å². The summed E-state index contributed by atoms with van der Waals surface area (Å²) in [5.41, 5.74) is 1.00. The molecule has 2 atom stereocenters. The monoisotopic (exact) mass is 517 g/mol. The second-order valence-electron chi connectivity index (χ2n) is 11.1. The number of hydrogen-bond acceptors (Lipinski definition) is 5. The molecule has 1 saturated carbocycles. The fourth-order valence-corrected chi connectivity index (χ4v) is 4.66. The Morgan fingerprint density at radius 2 is 1.70 bits per heavy atom. The van der Waals surface area contributed by atoms with E-state index >= 15 is 0 Å². The van der Waals surface area contributed by atoms with Crippen LogP contribution in [0.4, 0.5) is 4.79 Å². The van der Waals surface area contributed by atoms with Crippen LogP contribution in [0.5, 0.6) is 0 Å². The Bertz CT molecular complexity index is 859. The van der Waals surface area contributed by atoms with Crippen LogP contribution in [-0.2, 0) is 14.3 Å².